The standard InChI is InChI=1S/C11H15NO2/c1-2-7-14-11(13)10-6-4-3-5-9(10)8-12/h3-6H,2,7-8,12H2,1H3. The molecule has 0 spiro atoms. The van der Waals surface area contributed by atoms with Crippen LogP contribution in [0.2, 0.25) is 0 Å². The highest BCUT2D eigenvalue weighted by Crippen LogP contribution is 2.09. The number of carbonyl (C=O) groups excluding carboxylic acids is 1. The van der Waals surface area contributed by atoms with Crippen LogP contribution < -0.4 is 5.73 Å². The zero-order valence-corrected chi connectivity index (χ0v) is 8.32. The minimum atomic E-state index is -0.284. The van der Waals surface area contributed by atoms with E-state index < -0.39 is 0 Å². The third-order valence-electron chi connectivity index (χ3n) is 1.89. The van der Waals surface area contributed by atoms with Crippen LogP contribution in [0.3, 0.4) is 0 Å². The maximum atomic E-state index is 11.5. The minimum Gasteiger partial charge on any atom is -0.462 e. The van der Waals surface area contributed by atoms with Gasteiger partial charge in [0.2, 0.25) is 0 Å². The minimum absolute atomic E-state index is 0.284. The average Bonchev–Trinajstić information content (AvgIpc) is 2.25. The summed E-state index contributed by atoms with van der Waals surface area (Å²) in [5.41, 5.74) is 6.91. The number of nitrogens with two attached hydrogens (primary N) is 1. The molecular formula is C11H15NO2. The second-order valence-electron chi connectivity index (χ2n) is 3.00. The van der Waals surface area contributed by atoms with E-state index >= 15 is 0 Å². The Balaban J connectivity index is 2.78. The molecule has 1 aromatic rings. The van der Waals surface area contributed by atoms with Crippen LogP contribution >= 0.6 is 0 Å². The molecule has 0 aliphatic rings. The van der Waals surface area contributed by atoms with Gasteiger partial charge in [0.1, 0.15) is 0 Å². The van der Waals surface area contributed by atoms with Gasteiger partial charge in [0.15, 0.2) is 0 Å². The molecule has 0 aliphatic heterocycles. The van der Waals surface area contributed by atoms with Crippen molar-refractivity contribution in [1.29, 1.82) is 0 Å². The largest absolute Gasteiger partial charge is 0.462 e. The summed E-state index contributed by atoms with van der Waals surface area (Å²) in [5, 5.41) is 0. The van der Waals surface area contributed by atoms with Crippen molar-refractivity contribution in [3.8, 4) is 0 Å². The fraction of sp³-hybridized carbons (Fsp3) is 0.364. The molecule has 3 heteroatoms. The molecule has 3 nitrogen and oxygen atoms in total. The van der Waals surface area contributed by atoms with Crippen molar-refractivity contribution in [3.63, 3.8) is 0 Å². The topological polar surface area (TPSA) is 52.3 Å². The maximum absolute atomic E-state index is 11.5. The summed E-state index contributed by atoms with van der Waals surface area (Å²) in [6, 6.07) is 7.24. The number of ether oxygens (including phenoxy) is 1. The predicted octanol–water partition coefficient (Wildman–Crippen LogP) is 1.71. The van der Waals surface area contributed by atoms with E-state index in [4.69, 9.17) is 10.5 Å². The van der Waals surface area contributed by atoms with E-state index in [0.29, 0.717) is 18.7 Å². The van der Waals surface area contributed by atoms with Crippen molar-refractivity contribution >= 4 is 5.97 Å². The average molecular weight is 193 g/mol. The SMILES string of the molecule is CCCOC(=O)c1ccccc1CN. The molecule has 1 rings (SSSR count). The van der Waals surface area contributed by atoms with Gasteiger partial charge < -0.3 is 10.5 Å². The van der Waals surface area contributed by atoms with E-state index in [-0.39, 0.29) is 5.97 Å². The normalized spacial score (nSPS) is 9.86. The van der Waals surface area contributed by atoms with E-state index in [1.807, 2.05) is 25.1 Å². The lowest BCUT2D eigenvalue weighted by atomic mass is 10.1. The summed E-state index contributed by atoms with van der Waals surface area (Å²) in [6.45, 7) is 2.78. The van der Waals surface area contributed by atoms with Crippen molar-refractivity contribution in [2.45, 2.75) is 19.9 Å². The third kappa shape index (κ3) is 2.57. The summed E-state index contributed by atoms with van der Waals surface area (Å²) in [4.78, 5) is 11.5. The Morgan fingerprint density at radius 1 is 1.43 bits per heavy atom. The van der Waals surface area contributed by atoms with Gasteiger partial charge in [0.05, 0.1) is 12.2 Å². The fourth-order valence-electron chi connectivity index (χ4n) is 1.17. The molecule has 76 valence electrons. The summed E-state index contributed by atoms with van der Waals surface area (Å²) in [6.07, 6.45) is 0.830. The molecule has 0 aromatic heterocycles. The summed E-state index contributed by atoms with van der Waals surface area (Å²) >= 11 is 0. The lowest BCUT2D eigenvalue weighted by molar-refractivity contribution is 0.0504. The van der Waals surface area contributed by atoms with Crippen LogP contribution in [-0.2, 0) is 11.3 Å². The molecule has 0 unspecified atom stereocenters. The van der Waals surface area contributed by atoms with Gasteiger partial charge in [-0.25, -0.2) is 4.79 Å². The maximum Gasteiger partial charge on any atom is 0.338 e. The molecular weight excluding hydrogens is 178 g/mol. The smallest absolute Gasteiger partial charge is 0.338 e. The number of hydrogen-bond donors (Lipinski definition) is 1. The highest BCUT2D eigenvalue weighted by atomic mass is 16.5. The van der Waals surface area contributed by atoms with Gasteiger partial charge in [0.25, 0.3) is 0 Å². The van der Waals surface area contributed by atoms with Crippen molar-refractivity contribution in [3.05, 3.63) is 35.4 Å². The Labute approximate surface area is 83.9 Å². The number of esters is 1. The first-order chi connectivity index (χ1) is 6.79. The van der Waals surface area contributed by atoms with Gasteiger partial charge in [-0.05, 0) is 18.1 Å². The Kier molecular flexibility index (Phi) is 4.13. The molecule has 0 radical (unpaired) electrons. The first kappa shape index (κ1) is 10.7. The molecule has 0 heterocycles. The molecule has 2 N–H and O–H groups in total. The Morgan fingerprint density at radius 3 is 2.79 bits per heavy atom. The van der Waals surface area contributed by atoms with E-state index in [0.717, 1.165) is 12.0 Å². The molecule has 0 bridgehead atoms. The van der Waals surface area contributed by atoms with Crippen molar-refractivity contribution in [1.82, 2.24) is 0 Å². The first-order valence-electron chi connectivity index (χ1n) is 4.74. The highest BCUT2D eigenvalue weighted by molar-refractivity contribution is 5.91. The summed E-state index contributed by atoms with van der Waals surface area (Å²) in [5.74, 6) is -0.284. The number of benzene rings is 1. The first-order valence-corrected chi connectivity index (χ1v) is 4.74. The third-order valence-corrected chi connectivity index (χ3v) is 1.89. The van der Waals surface area contributed by atoms with Crippen LogP contribution in [0.25, 0.3) is 0 Å². The number of carbonyl (C=O) groups is 1. The van der Waals surface area contributed by atoms with Crippen LogP contribution in [0.5, 0.6) is 0 Å². The summed E-state index contributed by atoms with van der Waals surface area (Å²) in [7, 11) is 0. The Bertz CT molecular complexity index is 310. The quantitative estimate of drug-likeness (QED) is 0.740. The second kappa shape index (κ2) is 5.40. The van der Waals surface area contributed by atoms with Crippen LogP contribution in [0.15, 0.2) is 24.3 Å². The van der Waals surface area contributed by atoms with E-state index in [1.54, 1.807) is 6.07 Å². The van der Waals surface area contributed by atoms with Gasteiger partial charge in [0, 0.05) is 6.54 Å². The predicted molar refractivity (Wildman–Crippen MR) is 54.9 cm³/mol. The van der Waals surface area contributed by atoms with Crippen molar-refractivity contribution in [2.75, 3.05) is 6.61 Å². The van der Waals surface area contributed by atoms with Crippen LogP contribution in [0.4, 0.5) is 0 Å². The van der Waals surface area contributed by atoms with Gasteiger partial charge >= 0.3 is 5.97 Å². The highest BCUT2D eigenvalue weighted by Gasteiger charge is 2.10. The Hall–Kier alpha value is -1.35. The molecule has 0 saturated carbocycles. The van der Waals surface area contributed by atoms with Gasteiger partial charge in [-0.2, -0.15) is 0 Å². The number of rotatable bonds is 4. The summed E-state index contributed by atoms with van der Waals surface area (Å²) < 4.78 is 5.03. The molecule has 0 aliphatic carbocycles. The number of hydrogen-bond acceptors (Lipinski definition) is 3. The molecule has 0 saturated heterocycles. The van der Waals surface area contributed by atoms with E-state index in [2.05, 4.69) is 0 Å². The van der Waals surface area contributed by atoms with Gasteiger partial charge in [-0.1, -0.05) is 25.1 Å². The zero-order chi connectivity index (χ0) is 10.4. The zero-order valence-electron chi connectivity index (χ0n) is 8.32. The monoisotopic (exact) mass is 193 g/mol. The van der Waals surface area contributed by atoms with Crippen molar-refractivity contribution < 1.29 is 9.53 Å². The fourth-order valence-corrected chi connectivity index (χ4v) is 1.17. The van der Waals surface area contributed by atoms with Crippen LogP contribution in [0, 0.1) is 0 Å². The lowest BCUT2D eigenvalue weighted by Crippen LogP contribution is -2.11. The van der Waals surface area contributed by atoms with E-state index in [1.165, 1.54) is 0 Å². The second-order valence-corrected chi connectivity index (χ2v) is 3.00. The van der Waals surface area contributed by atoms with Crippen LogP contribution in [0.1, 0.15) is 29.3 Å². The molecule has 14 heavy (non-hydrogen) atoms. The van der Waals surface area contributed by atoms with Crippen LogP contribution in [-0.4, -0.2) is 12.6 Å². The Morgan fingerprint density at radius 2 is 2.14 bits per heavy atom. The molecule has 0 fully saturated rings. The van der Waals surface area contributed by atoms with Gasteiger partial charge in [-0.3, -0.25) is 0 Å². The molecule has 0 amide bonds. The van der Waals surface area contributed by atoms with E-state index in [9.17, 15) is 4.79 Å². The van der Waals surface area contributed by atoms with Crippen molar-refractivity contribution in [2.24, 2.45) is 5.73 Å². The van der Waals surface area contributed by atoms with Gasteiger partial charge in [-0.15, -0.1) is 0 Å². The molecule has 0 atom stereocenters. The lowest BCUT2D eigenvalue weighted by Gasteiger charge is -2.06. The molecule has 1 aromatic carbocycles.